The first kappa shape index (κ1) is 15.4. The van der Waals surface area contributed by atoms with Crippen LogP contribution in [0.3, 0.4) is 0 Å². The Morgan fingerprint density at radius 2 is 2.00 bits per heavy atom. The fraction of sp³-hybridized carbons (Fsp3) is 0.412. The molecule has 0 saturated heterocycles. The molecule has 6 heteroatoms. The van der Waals surface area contributed by atoms with Crippen LogP contribution in [0.15, 0.2) is 36.5 Å². The van der Waals surface area contributed by atoms with Gasteiger partial charge in [-0.15, -0.1) is 0 Å². The molecule has 1 aromatic carbocycles. The third-order valence-electron chi connectivity index (χ3n) is 4.04. The minimum absolute atomic E-state index is 0.0732. The third kappa shape index (κ3) is 3.64. The molecule has 0 spiro atoms. The van der Waals surface area contributed by atoms with Gasteiger partial charge >= 0.3 is 0 Å². The largest absolute Gasteiger partial charge is 0.493 e. The van der Waals surface area contributed by atoms with Crippen molar-refractivity contribution in [2.75, 3.05) is 19.0 Å². The summed E-state index contributed by atoms with van der Waals surface area (Å²) in [5.74, 6) is 1.67. The lowest BCUT2D eigenvalue weighted by Crippen LogP contribution is -2.23. The van der Waals surface area contributed by atoms with E-state index in [9.17, 15) is 4.79 Å². The van der Waals surface area contributed by atoms with Gasteiger partial charge in [-0.25, -0.2) is 4.68 Å². The highest BCUT2D eigenvalue weighted by Gasteiger charge is 2.20. The summed E-state index contributed by atoms with van der Waals surface area (Å²) >= 11 is 0. The molecular formula is C17H21N3O3. The number of hydrogen-bond donors (Lipinski definition) is 1. The Bertz CT molecular complexity index is 663. The van der Waals surface area contributed by atoms with Crippen molar-refractivity contribution in [3.8, 4) is 11.5 Å². The highest BCUT2D eigenvalue weighted by atomic mass is 16.5. The Morgan fingerprint density at radius 1 is 1.26 bits per heavy atom. The van der Waals surface area contributed by atoms with Gasteiger partial charge in [-0.2, -0.15) is 5.10 Å². The van der Waals surface area contributed by atoms with Crippen LogP contribution in [0.4, 0.5) is 5.82 Å². The van der Waals surface area contributed by atoms with Gasteiger partial charge in [-0.05, 0) is 25.0 Å². The molecule has 1 fully saturated rings. The zero-order valence-corrected chi connectivity index (χ0v) is 13.2. The summed E-state index contributed by atoms with van der Waals surface area (Å²) in [5, 5.41) is 7.21. The van der Waals surface area contributed by atoms with Crippen LogP contribution in [0.5, 0.6) is 11.5 Å². The van der Waals surface area contributed by atoms with Crippen LogP contribution >= 0.6 is 0 Å². The Morgan fingerprint density at radius 3 is 2.74 bits per heavy atom. The summed E-state index contributed by atoms with van der Waals surface area (Å²) in [5.41, 5.74) is 0. The Balaban J connectivity index is 1.58. The number of benzene rings is 1. The molecule has 1 N–H and O–H groups in total. The van der Waals surface area contributed by atoms with E-state index in [0.717, 1.165) is 18.7 Å². The van der Waals surface area contributed by atoms with E-state index in [4.69, 9.17) is 9.47 Å². The van der Waals surface area contributed by atoms with E-state index >= 15 is 0 Å². The summed E-state index contributed by atoms with van der Waals surface area (Å²) in [6, 6.07) is 9.46. The quantitative estimate of drug-likeness (QED) is 0.890. The van der Waals surface area contributed by atoms with E-state index in [1.54, 1.807) is 25.4 Å². The van der Waals surface area contributed by atoms with E-state index in [1.807, 2.05) is 22.9 Å². The van der Waals surface area contributed by atoms with Gasteiger partial charge in [-0.3, -0.25) is 4.79 Å². The van der Waals surface area contributed by atoms with Crippen molar-refractivity contribution in [3.63, 3.8) is 0 Å². The molecule has 0 bridgehead atoms. The van der Waals surface area contributed by atoms with Crippen molar-refractivity contribution >= 4 is 11.7 Å². The van der Waals surface area contributed by atoms with Crippen LogP contribution < -0.4 is 14.8 Å². The van der Waals surface area contributed by atoms with Crippen molar-refractivity contribution in [2.24, 2.45) is 0 Å². The summed E-state index contributed by atoms with van der Waals surface area (Å²) in [7, 11) is 1.57. The van der Waals surface area contributed by atoms with Crippen LogP contribution in [0.2, 0.25) is 0 Å². The first-order valence-corrected chi connectivity index (χ1v) is 7.87. The van der Waals surface area contributed by atoms with Gasteiger partial charge in [0.15, 0.2) is 18.1 Å². The van der Waals surface area contributed by atoms with Crippen LogP contribution in [-0.4, -0.2) is 29.4 Å². The number of ether oxygens (including phenoxy) is 2. The SMILES string of the molecule is COc1ccccc1OCC(=O)Nc1ccnn1C1CCCC1. The molecule has 23 heavy (non-hydrogen) atoms. The predicted molar refractivity (Wildman–Crippen MR) is 86.9 cm³/mol. The number of nitrogens with zero attached hydrogens (tertiary/aromatic N) is 2. The molecule has 0 radical (unpaired) electrons. The highest BCUT2D eigenvalue weighted by molar-refractivity contribution is 5.91. The molecule has 3 rings (SSSR count). The number of nitrogens with one attached hydrogen (secondary N) is 1. The molecule has 1 heterocycles. The number of amides is 1. The van der Waals surface area contributed by atoms with Gasteiger partial charge in [0.2, 0.25) is 0 Å². The first-order chi connectivity index (χ1) is 11.3. The number of anilines is 1. The average molecular weight is 315 g/mol. The van der Waals surface area contributed by atoms with Gasteiger partial charge in [0.1, 0.15) is 5.82 Å². The molecule has 2 aromatic rings. The van der Waals surface area contributed by atoms with Gasteiger partial charge in [-0.1, -0.05) is 25.0 Å². The smallest absolute Gasteiger partial charge is 0.263 e. The lowest BCUT2D eigenvalue weighted by molar-refractivity contribution is -0.118. The number of para-hydroxylation sites is 2. The van der Waals surface area contributed by atoms with E-state index < -0.39 is 0 Å². The van der Waals surface area contributed by atoms with Gasteiger partial charge in [0.05, 0.1) is 19.3 Å². The average Bonchev–Trinajstić information content (AvgIpc) is 3.24. The number of methoxy groups -OCH3 is 1. The zero-order chi connectivity index (χ0) is 16.1. The molecule has 1 saturated carbocycles. The minimum atomic E-state index is -0.212. The molecule has 0 aliphatic heterocycles. The van der Waals surface area contributed by atoms with Crippen molar-refractivity contribution in [2.45, 2.75) is 31.7 Å². The maximum atomic E-state index is 12.1. The number of carbonyl (C=O) groups is 1. The molecule has 0 atom stereocenters. The minimum Gasteiger partial charge on any atom is -0.493 e. The maximum Gasteiger partial charge on any atom is 0.263 e. The molecule has 1 aliphatic carbocycles. The van der Waals surface area contributed by atoms with Gasteiger partial charge in [0.25, 0.3) is 5.91 Å². The Hall–Kier alpha value is -2.50. The summed E-state index contributed by atoms with van der Waals surface area (Å²) < 4.78 is 12.6. The lowest BCUT2D eigenvalue weighted by Gasteiger charge is -2.15. The summed E-state index contributed by atoms with van der Waals surface area (Å²) in [6.45, 7) is -0.0732. The third-order valence-corrected chi connectivity index (χ3v) is 4.04. The predicted octanol–water partition coefficient (Wildman–Crippen LogP) is 3.02. The molecular weight excluding hydrogens is 294 g/mol. The van der Waals surface area contributed by atoms with Crippen molar-refractivity contribution in [1.29, 1.82) is 0 Å². The van der Waals surface area contributed by atoms with Crippen LogP contribution in [0.25, 0.3) is 0 Å². The molecule has 1 aliphatic rings. The fourth-order valence-electron chi connectivity index (χ4n) is 2.91. The Labute approximate surface area is 135 Å². The number of carbonyl (C=O) groups excluding carboxylic acids is 1. The zero-order valence-electron chi connectivity index (χ0n) is 13.2. The highest BCUT2D eigenvalue weighted by Crippen LogP contribution is 2.31. The second kappa shape index (κ2) is 7.17. The van der Waals surface area contributed by atoms with Gasteiger partial charge in [0, 0.05) is 6.07 Å². The molecule has 0 unspecified atom stereocenters. The van der Waals surface area contributed by atoms with Crippen molar-refractivity contribution in [1.82, 2.24) is 9.78 Å². The van der Waals surface area contributed by atoms with E-state index in [2.05, 4.69) is 10.4 Å². The van der Waals surface area contributed by atoms with E-state index in [-0.39, 0.29) is 12.5 Å². The van der Waals surface area contributed by atoms with Crippen molar-refractivity contribution < 1.29 is 14.3 Å². The number of aromatic nitrogens is 2. The summed E-state index contributed by atoms with van der Waals surface area (Å²) in [6.07, 6.45) is 6.38. The monoisotopic (exact) mass is 315 g/mol. The van der Waals surface area contributed by atoms with Crippen molar-refractivity contribution in [3.05, 3.63) is 36.5 Å². The maximum absolute atomic E-state index is 12.1. The first-order valence-electron chi connectivity index (χ1n) is 7.87. The topological polar surface area (TPSA) is 65.4 Å². The molecule has 122 valence electrons. The summed E-state index contributed by atoms with van der Waals surface area (Å²) in [4.78, 5) is 12.1. The molecule has 1 amide bonds. The van der Waals surface area contributed by atoms with Crippen LogP contribution in [0, 0.1) is 0 Å². The fourth-order valence-corrected chi connectivity index (χ4v) is 2.91. The molecule has 6 nitrogen and oxygen atoms in total. The second-order valence-electron chi connectivity index (χ2n) is 5.59. The van der Waals surface area contributed by atoms with Crippen LogP contribution in [-0.2, 0) is 4.79 Å². The molecule has 1 aromatic heterocycles. The van der Waals surface area contributed by atoms with E-state index in [1.165, 1.54) is 12.8 Å². The number of hydrogen-bond acceptors (Lipinski definition) is 4. The standard InChI is InChI=1S/C17H21N3O3/c1-22-14-8-4-5-9-15(14)23-12-17(21)19-16-10-11-18-20(16)13-6-2-3-7-13/h4-5,8-11,13H,2-3,6-7,12H2,1H3,(H,19,21). The normalized spacial score (nSPS) is 14.7. The van der Waals surface area contributed by atoms with Gasteiger partial charge < -0.3 is 14.8 Å². The van der Waals surface area contributed by atoms with E-state index in [0.29, 0.717) is 17.5 Å². The Kier molecular flexibility index (Phi) is 4.80. The second-order valence-corrected chi connectivity index (χ2v) is 5.59. The number of rotatable bonds is 6. The van der Waals surface area contributed by atoms with Crippen LogP contribution in [0.1, 0.15) is 31.7 Å². The lowest BCUT2D eigenvalue weighted by atomic mass is 10.2.